The zero-order valence-electron chi connectivity index (χ0n) is 15.9. The molecule has 1 N–H and O–H groups in total. The molecule has 1 aliphatic rings. The van der Waals surface area contributed by atoms with E-state index in [2.05, 4.69) is 20.6 Å². The molecule has 0 aliphatic heterocycles. The van der Waals surface area contributed by atoms with Crippen LogP contribution < -0.4 is 11.1 Å². The van der Waals surface area contributed by atoms with Crippen LogP contribution in [0, 0.1) is 0 Å². The van der Waals surface area contributed by atoms with Crippen LogP contribution >= 0.6 is 0 Å². The molecular formula is C21H18N6O3. The van der Waals surface area contributed by atoms with E-state index in [1.807, 2.05) is 36.4 Å². The van der Waals surface area contributed by atoms with Crippen LogP contribution in [0.2, 0.25) is 0 Å². The van der Waals surface area contributed by atoms with E-state index in [1.165, 1.54) is 0 Å². The normalized spacial score (nSPS) is 13.3. The Morgan fingerprint density at radius 1 is 1.13 bits per heavy atom. The first kappa shape index (κ1) is 18.0. The number of carbonyl (C=O) groups excluding carboxylic acids is 1. The quantitative estimate of drug-likeness (QED) is 0.531. The Kier molecular flexibility index (Phi) is 4.47. The number of pyridine rings is 1. The highest BCUT2D eigenvalue weighted by atomic mass is 16.5. The molecule has 0 atom stereocenters. The molecule has 1 aliphatic carbocycles. The fraction of sp³-hybridized carbons (Fsp3) is 0.190. The van der Waals surface area contributed by atoms with Gasteiger partial charge in [0.05, 0.1) is 11.4 Å². The summed E-state index contributed by atoms with van der Waals surface area (Å²) < 4.78 is 7.62. The molecule has 1 aromatic carbocycles. The number of rotatable bonds is 6. The summed E-state index contributed by atoms with van der Waals surface area (Å²) in [5, 5.41) is 11.3. The van der Waals surface area contributed by atoms with E-state index in [1.54, 1.807) is 29.1 Å². The molecule has 9 heteroatoms. The van der Waals surface area contributed by atoms with Crippen LogP contribution in [-0.4, -0.2) is 30.4 Å². The summed E-state index contributed by atoms with van der Waals surface area (Å²) in [5.74, 6) is 0.0722. The Bertz CT molecular complexity index is 1240. The molecule has 4 aromatic rings. The molecule has 0 spiro atoms. The van der Waals surface area contributed by atoms with Gasteiger partial charge in [-0.05, 0) is 37.1 Å². The van der Waals surface area contributed by atoms with Gasteiger partial charge < -0.3 is 5.32 Å². The van der Waals surface area contributed by atoms with Gasteiger partial charge in [-0.3, -0.25) is 14.3 Å². The van der Waals surface area contributed by atoms with E-state index in [0.717, 1.165) is 28.8 Å². The highest BCUT2D eigenvalue weighted by molar-refractivity contribution is 5.90. The van der Waals surface area contributed by atoms with Crippen LogP contribution in [0.1, 0.15) is 24.5 Å². The van der Waals surface area contributed by atoms with Crippen molar-refractivity contribution < 1.29 is 9.32 Å². The predicted molar refractivity (Wildman–Crippen MR) is 108 cm³/mol. The number of nitrogens with one attached hydrogen (secondary N) is 1. The number of hydrogen-bond donors (Lipinski definition) is 1. The topological polar surface area (TPSA) is 108 Å². The largest absolute Gasteiger partial charge is 0.442 e. The van der Waals surface area contributed by atoms with Gasteiger partial charge in [-0.15, -0.1) is 0 Å². The summed E-state index contributed by atoms with van der Waals surface area (Å²) in [6.45, 7) is -0.257. The molecule has 0 radical (unpaired) electrons. The van der Waals surface area contributed by atoms with E-state index < -0.39 is 11.7 Å². The summed E-state index contributed by atoms with van der Waals surface area (Å²) in [5.41, 5.74) is 2.24. The predicted octanol–water partition coefficient (Wildman–Crippen LogP) is 2.60. The zero-order valence-corrected chi connectivity index (χ0v) is 15.9. The van der Waals surface area contributed by atoms with Crippen molar-refractivity contribution in [2.75, 3.05) is 5.32 Å². The van der Waals surface area contributed by atoms with E-state index in [4.69, 9.17) is 4.52 Å². The fourth-order valence-corrected chi connectivity index (χ4v) is 3.25. The van der Waals surface area contributed by atoms with Gasteiger partial charge in [-0.1, -0.05) is 29.4 Å². The number of aromatic nitrogens is 5. The Balaban J connectivity index is 1.42. The van der Waals surface area contributed by atoms with Crippen molar-refractivity contribution >= 4 is 11.7 Å². The van der Waals surface area contributed by atoms with Gasteiger partial charge in [0.2, 0.25) is 11.7 Å². The second-order valence-corrected chi connectivity index (χ2v) is 7.10. The molecule has 3 heterocycles. The molecule has 0 saturated heterocycles. The van der Waals surface area contributed by atoms with Gasteiger partial charge >= 0.3 is 5.76 Å². The Hall–Kier alpha value is -4.01. The summed E-state index contributed by atoms with van der Waals surface area (Å²) in [6.07, 6.45) is 3.78. The third kappa shape index (κ3) is 3.52. The van der Waals surface area contributed by atoms with Crippen molar-refractivity contribution in [3.05, 3.63) is 77.0 Å². The summed E-state index contributed by atoms with van der Waals surface area (Å²) in [6, 6.07) is 16.7. The number of anilines is 1. The highest BCUT2D eigenvalue weighted by Gasteiger charge is 2.28. The molecule has 0 unspecified atom stereocenters. The average Bonchev–Trinajstić information content (AvgIpc) is 3.45. The first-order chi connectivity index (χ1) is 14.7. The molecule has 1 fully saturated rings. The molecule has 5 rings (SSSR count). The van der Waals surface area contributed by atoms with E-state index >= 15 is 0 Å². The number of para-hydroxylation sites is 1. The van der Waals surface area contributed by atoms with Gasteiger partial charge in [-0.25, -0.2) is 14.0 Å². The molecular weight excluding hydrogens is 384 g/mol. The van der Waals surface area contributed by atoms with E-state index in [-0.39, 0.29) is 12.4 Å². The molecule has 150 valence electrons. The second-order valence-electron chi connectivity index (χ2n) is 7.10. The van der Waals surface area contributed by atoms with Gasteiger partial charge in [0.25, 0.3) is 0 Å². The lowest BCUT2D eigenvalue weighted by Crippen LogP contribution is -2.26. The smallest absolute Gasteiger partial charge is 0.309 e. The molecule has 0 bridgehead atoms. The van der Waals surface area contributed by atoms with Crippen molar-refractivity contribution in [3.8, 4) is 17.2 Å². The number of hydrogen-bond acceptors (Lipinski definition) is 6. The molecule has 30 heavy (non-hydrogen) atoms. The van der Waals surface area contributed by atoms with Crippen molar-refractivity contribution in [3.63, 3.8) is 0 Å². The molecule has 1 saturated carbocycles. The van der Waals surface area contributed by atoms with Gasteiger partial charge in [-0.2, -0.15) is 5.10 Å². The van der Waals surface area contributed by atoms with Gasteiger partial charge in [0, 0.05) is 18.2 Å². The summed E-state index contributed by atoms with van der Waals surface area (Å²) >= 11 is 0. The summed E-state index contributed by atoms with van der Waals surface area (Å²) in [4.78, 5) is 29.1. The first-order valence-corrected chi connectivity index (χ1v) is 9.62. The van der Waals surface area contributed by atoms with Crippen molar-refractivity contribution in [1.29, 1.82) is 0 Å². The fourth-order valence-electron chi connectivity index (χ4n) is 3.25. The standard InChI is InChI=1S/C21H18N6O3/c28-19(13-26-20(25-30-21(26)29)16-8-4-5-11-22-16)23-18-12-17(14-9-10-14)24-27(18)15-6-2-1-3-7-15/h1-8,11-12,14H,9-10,13H2,(H,23,28). The lowest BCUT2D eigenvalue weighted by Gasteiger charge is -2.09. The van der Waals surface area contributed by atoms with Gasteiger partial charge in [0.15, 0.2) is 0 Å². The van der Waals surface area contributed by atoms with E-state index in [9.17, 15) is 9.59 Å². The monoisotopic (exact) mass is 402 g/mol. The molecule has 9 nitrogen and oxygen atoms in total. The van der Waals surface area contributed by atoms with Crippen LogP contribution in [0.25, 0.3) is 17.2 Å². The Morgan fingerprint density at radius 3 is 2.67 bits per heavy atom. The minimum atomic E-state index is -0.721. The minimum absolute atomic E-state index is 0.200. The maximum Gasteiger partial charge on any atom is 0.442 e. The van der Waals surface area contributed by atoms with Crippen molar-refractivity contribution in [2.45, 2.75) is 25.3 Å². The van der Waals surface area contributed by atoms with E-state index in [0.29, 0.717) is 17.4 Å². The van der Waals surface area contributed by atoms with Crippen molar-refractivity contribution in [2.24, 2.45) is 0 Å². The average molecular weight is 402 g/mol. The molecule has 3 aromatic heterocycles. The van der Waals surface area contributed by atoms with Crippen LogP contribution in [0.15, 0.2) is 70.1 Å². The Morgan fingerprint density at radius 2 is 1.93 bits per heavy atom. The molecule has 1 amide bonds. The number of nitrogens with zero attached hydrogens (tertiary/aromatic N) is 5. The lowest BCUT2D eigenvalue weighted by molar-refractivity contribution is -0.116. The highest BCUT2D eigenvalue weighted by Crippen LogP contribution is 2.40. The second kappa shape index (κ2) is 7.43. The van der Waals surface area contributed by atoms with Crippen LogP contribution in [-0.2, 0) is 11.3 Å². The Labute approximate surface area is 171 Å². The minimum Gasteiger partial charge on any atom is -0.309 e. The SMILES string of the molecule is O=C(Cn1c(-c2ccccn2)noc1=O)Nc1cc(C2CC2)nn1-c1ccccc1. The van der Waals surface area contributed by atoms with Crippen LogP contribution in [0.3, 0.4) is 0 Å². The number of carbonyl (C=O) groups is 1. The summed E-state index contributed by atoms with van der Waals surface area (Å²) in [7, 11) is 0. The lowest BCUT2D eigenvalue weighted by atomic mass is 10.3. The number of amides is 1. The maximum atomic E-state index is 12.8. The van der Waals surface area contributed by atoms with Crippen LogP contribution in [0.5, 0.6) is 0 Å². The van der Waals surface area contributed by atoms with Crippen molar-refractivity contribution in [1.82, 2.24) is 24.5 Å². The third-order valence-electron chi connectivity index (χ3n) is 4.87. The third-order valence-corrected chi connectivity index (χ3v) is 4.87. The zero-order chi connectivity index (χ0) is 20.5. The van der Waals surface area contributed by atoms with Gasteiger partial charge in [0.1, 0.15) is 18.1 Å². The van der Waals surface area contributed by atoms with Crippen LogP contribution in [0.4, 0.5) is 5.82 Å². The first-order valence-electron chi connectivity index (χ1n) is 9.62. The number of benzene rings is 1. The maximum absolute atomic E-state index is 12.8.